The van der Waals surface area contributed by atoms with Crippen LogP contribution < -0.4 is 5.32 Å². The van der Waals surface area contributed by atoms with Gasteiger partial charge in [-0.25, -0.2) is 4.98 Å². The molecule has 3 heterocycles. The smallest absolute Gasteiger partial charge is 0.379 e. The largest absolute Gasteiger partial charge is 0.435 e. The summed E-state index contributed by atoms with van der Waals surface area (Å²) in [5, 5.41) is 3.01. The van der Waals surface area contributed by atoms with Crippen molar-refractivity contribution in [3.63, 3.8) is 0 Å². The third-order valence-electron chi connectivity index (χ3n) is 5.62. The predicted molar refractivity (Wildman–Crippen MR) is 124 cm³/mol. The molecule has 1 aromatic carbocycles. The summed E-state index contributed by atoms with van der Waals surface area (Å²) in [7, 11) is 0. The van der Waals surface area contributed by atoms with Gasteiger partial charge in [0.25, 0.3) is 5.91 Å². The monoisotopic (exact) mass is 490 g/mol. The van der Waals surface area contributed by atoms with Crippen molar-refractivity contribution in [3.8, 4) is 11.1 Å². The van der Waals surface area contributed by atoms with Crippen molar-refractivity contribution >= 4 is 17.2 Å². The van der Waals surface area contributed by atoms with E-state index in [1.165, 1.54) is 0 Å². The lowest BCUT2D eigenvalue weighted by molar-refractivity contribution is -0.141. The first-order chi connectivity index (χ1) is 16.3. The van der Waals surface area contributed by atoms with Gasteiger partial charge >= 0.3 is 6.18 Å². The van der Waals surface area contributed by atoms with Crippen molar-refractivity contribution in [1.29, 1.82) is 0 Å². The molecule has 1 saturated heterocycles. The number of nitrogens with one attached hydrogen (secondary N) is 1. The quantitative estimate of drug-likeness (QED) is 0.525. The Balaban J connectivity index is 1.49. The summed E-state index contributed by atoms with van der Waals surface area (Å²) in [5.74, 6) is -0.776. The second-order valence-electron chi connectivity index (χ2n) is 8.05. The molecule has 0 bridgehead atoms. The number of halogens is 3. The molecule has 1 aliphatic heterocycles. The maximum absolute atomic E-state index is 13.6. The van der Waals surface area contributed by atoms with E-state index in [4.69, 9.17) is 4.74 Å². The van der Waals surface area contributed by atoms with E-state index in [0.717, 1.165) is 41.1 Å². The second kappa shape index (κ2) is 10.6. The van der Waals surface area contributed by atoms with Crippen LogP contribution in [0.15, 0.2) is 48.8 Å². The molecule has 0 radical (unpaired) electrons. The molecule has 34 heavy (non-hydrogen) atoms. The van der Waals surface area contributed by atoms with Gasteiger partial charge in [-0.3, -0.25) is 14.7 Å². The third-order valence-corrected chi connectivity index (χ3v) is 6.73. The van der Waals surface area contributed by atoms with E-state index in [-0.39, 0.29) is 0 Å². The molecule has 0 aliphatic carbocycles. The number of nitrogens with zero attached hydrogens (tertiary/aromatic N) is 3. The molecule has 6 nitrogen and oxygen atoms in total. The van der Waals surface area contributed by atoms with Gasteiger partial charge in [-0.05, 0) is 35.7 Å². The molecule has 1 amide bonds. The van der Waals surface area contributed by atoms with Crippen LogP contribution in [0.1, 0.15) is 38.9 Å². The maximum Gasteiger partial charge on any atom is 0.435 e. The fraction of sp³-hybridized carbons (Fsp3) is 0.375. The number of alkyl halides is 3. The van der Waals surface area contributed by atoms with Crippen molar-refractivity contribution < 1.29 is 22.7 Å². The van der Waals surface area contributed by atoms with Gasteiger partial charge in [0.2, 0.25) is 0 Å². The van der Waals surface area contributed by atoms with E-state index >= 15 is 0 Å². The number of morpholine rings is 1. The molecule has 1 N–H and O–H groups in total. The van der Waals surface area contributed by atoms with E-state index in [2.05, 4.69) is 20.2 Å². The minimum absolute atomic E-state index is 0.301. The second-order valence-corrected chi connectivity index (χ2v) is 9.13. The van der Waals surface area contributed by atoms with Crippen LogP contribution in [0, 0.1) is 0 Å². The van der Waals surface area contributed by atoms with Gasteiger partial charge in [-0.15, -0.1) is 11.3 Å². The van der Waals surface area contributed by atoms with Crippen LogP contribution in [0.25, 0.3) is 11.1 Å². The molecule has 1 fully saturated rings. The zero-order chi connectivity index (χ0) is 24.1. The Morgan fingerprint density at radius 2 is 1.97 bits per heavy atom. The number of pyridine rings is 1. The van der Waals surface area contributed by atoms with Gasteiger partial charge < -0.3 is 10.1 Å². The van der Waals surface area contributed by atoms with Gasteiger partial charge in [0.05, 0.1) is 24.3 Å². The molecule has 0 spiro atoms. The highest BCUT2D eigenvalue weighted by Crippen LogP contribution is 2.35. The van der Waals surface area contributed by atoms with Crippen molar-refractivity contribution in [1.82, 2.24) is 20.2 Å². The first kappa shape index (κ1) is 24.3. The minimum atomic E-state index is -4.70. The summed E-state index contributed by atoms with van der Waals surface area (Å²) in [4.78, 5) is 22.5. The lowest BCUT2D eigenvalue weighted by Gasteiger charge is -2.25. The molecule has 0 saturated carbocycles. The Morgan fingerprint density at radius 1 is 1.21 bits per heavy atom. The molecule has 2 aromatic heterocycles. The molecule has 1 aliphatic rings. The topological polar surface area (TPSA) is 67.4 Å². The maximum atomic E-state index is 13.6. The van der Waals surface area contributed by atoms with E-state index in [1.807, 2.05) is 36.4 Å². The molecule has 10 heteroatoms. The Hall–Kier alpha value is -2.82. The number of hydrogen-bond acceptors (Lipinski definition) is 6. The van der Waals surface area contributed by atoms with E-state index in [9.17, 15) is 18.0 Å². The van der Waals surface area contributed by atoms with Crippen molar-refractivity contribution in [2.75, 3.05) is 32.8 Å². The number of hydrogen-bond donors (Lipinski definition) is 1. The Morgan fingerprint density at radius 3 is 2.68 bits per heavy atom. The number of thiazole rings is 1. The average molecular weight is 491 g/mol. The average Bonchev–Trinajstić information content (AvgIpc) is 3.29. The molecular weight excluding hydrogens is 465 g/mol. The van der Waals surface area contributed by atoms with Gasteiger partial charge in [-0.2, -0.15) is 13.2 Å². The zero-order valence-corrected chi connectivity index (χ0v) is 19.5. The number of benzene rings is 1. The summed E-state index contributed by atoms with van der Waals surface area (Å²) in [6.45, 7) is 5.01. The van der Waals surface area contributed by atoms with Gasteiger partial charge in [0.15, 0.2) is 5.69 Å². The van der Waals surface area contributed by atoms with Crippen LogP contribution in [-0.4, -0.2) is 53.6 Å². The van der Waals surface area contributed by atoms with Crippen LogP contribution >= 0.6 is 11.3 Å². The molecule has 180 valence electrons. The first-order valence-corrected chi connectivity index (χ1v) is 11.8. The normalized spacial score (nSPS) is 15.8. The number of carbonyl (C=O) groups excluding carboxylic acids is 1. The highest BCUT2D eigenvalue weighted by Gasteiger charge is 2.39. The number of rotatable bonds is 7. The van der Waals surface area contributed by atoms with E-state index in [0.29, 0.717) is 31.2 Å². The summed E-state index contributed by atoms with van der Waals surface area (Å²) in [6, 6.07) is 10.7. The SMILES string of the molecule is CC(NC(=O)c1sc(CCN2CCOCC2)nc1C(F)(F)F)c1cccc(-c2cccnc2)c1. The molecule has 4 rings (SSSR count). The van der Waals surface area contributed by atoms with Gasteiger partial charge in [-0.1, -0.05) is 24.3 Å². The Labute approximate surface area is 199 Å². The van der Waals surface area contributed by atoms with Crippen molar-refractivity contribution in [3.05, 3.63) is 69.9 Å². The minimum Gasteiger partial charge on any atom is -0.379 e. The molecular formula is C24H25F3N4O2S. The standard InChI is InChI=1S/C24H25F3N4O2S/c1-16(17-4-2-5-18(14-17)19-6-3-8-28-15-19)29-23(32)21-22(24(25,26)27)30-20(34-21)7-9-31-10-12-33-13-11-31/h2-6,8,14-16H,7,9-13H2,1H3,(H,29,32). The molecule has 1 atom stereocenters. The number of ether oxygens (including phenoxy) is 1. The highest BCUT2D eigenvalue weighted by molar-refractivity contribution is 7.13. The highest BCUT2D eigenvalue weighted by atomic mass is 32.1. The van der Waals surface area contributed by atoms with Gasteiger partial charge in [0.1, 0.15) is 4.88 Å². The predicted octanol–water partition coefficient (Wildman–Crippen LogP) is 4.59. The number of amides is 1. The van der Waals surface area contributed by atoms with Crippen LogP contribution in [0.4, 0.5) is 13.2 Å². The summed E-state index contributed by atoms with van der Waals surface area (Å²) in [6.07, 6.45) is -0.944. The van der Waals surface area contributed by atoms with Crippen molar-refractivity contribution in [2.24, 2.45) is 0 Å². The first-order valence-electron chi connectivity index (χ1n) is 11.0. The lowest BCUT2D eigenvalue weighted by atomic mass is 10.0. The number of carbonyl (C=O) groups is 1. The summed E-state index contributed by atoms with van der Waals surface area (Å²) in [5.41, 5.74) is 1.48. The Bertz CT molecular complexity index is 1110. The third kappa shape index (κ3) is 5.99. The zero-order valence-electron chi connectivity index (χ0n) is 18.6. The van der Waals surface area contributed by atoms with E-state index in [1.54, 1.807) is 19.3 Å². The van der Waals surface area contributed by atoms with E-state index < -0.39 is 28.7 Å². The van der Waals surface area contributed by atoms with Crippen LogP contribution in [0.3, 0.4) is 0 Å². The van der Waals surface area contributed by atoms with Gasteiger partial charge in [0, 0.05) is 38.4 Å². The van der Waals surface area contributed by atoms with Crippen LogP contribution in [0.5, 0.6) is 0 Å². The lowest BCUT2D eigenvalue weighted by Crippen LogP contribution is -2.37. The fourth-order valence-electron chi connectivity index (χ4n) is 3.76. The van der Waals surface area contributed by atoms with Crippen LogP contribution in [0.2, 0.25) is 0 Å². The fourth-order valence-corrected chi connectivity index (χ4v) is 4.74. The molecule has 1 unspecified atom stereocenters. The Kier molecular flexibility index (Phi) is 7.60. The molecule has 3 aromatic rings. The number of aromatic nitrogens is 2. The van der Waals surface area contributed by atoms with Crippen LogP contribution in [-0.2, 0) is 17.3 Å². The summed E-state index contributed by atoms with van der Waals surface area (Å²) >= 11 is 0.811. The van der Waals surface area contributed by atoms with Crippen molar-refractivity contribution in [2.45, 2.75) is 25.6 Å². The summed E-state index contributed by atoms with van der Waals surface area (Å²) < 4.78 is 46.2.